The number of thioether (sulfide) groups is 1. The maximum absolute atomic E-state index is 13.6. The van der Waals surface area contributed by atoms with Gasteiger partial charge in [-0.15, -0.1) is 11.8 Å². The van der Waals surface area contributed by atoms with Crippen molar-refractivity contribution in [1.82, 2.24) is 30.0 Å². The fourth-order valence-electron chi connectivity index (χ4n) is 6.07. The number of aliphatic imine (C=N–C) groups is 1. The second-order valence-electron chi connectivity index (χ2n) is 12.1. The Hall–Kier alpha value is -3.83. The lowest BCUT2D eigenvalue weighted by Gasteiger charge is -2.37. The van der Waals surface area contributed by atoms with Gasteiger partial charge in [-0.3, -0.25) is 24.2 Å². The Morgan fingerprint density at radius 2 is 1.98 bits per heavy atom. The number of hydrogen-bond donors (Lipinski definition) is 2. The first kappa shape index (κ1) is 34.0. The molecule has 2 aromatic rings. The molecule has 13 nitrogen and oxygen atoms in total. The van der Waals surface area contributed by atoms with E-state index in [1.54, 1.807) is 58.5 Å². The molecule has 0 radical (unpaired) electrons. The number of anilines is 1. The molecule has 0 aliphatic carbocycles. The zero-order chi connectivity index (χ0) is 33.8. The Kier molecular flexibility index (Phi) is 10.8. The number of likely N-dealkylation sites (tertiary alicyclic amines) is 1. The van der Waals surface area contributed by atoms with Crippen LogP contribution < -0.4 is 15.5 Å². The molecular formula is C32H40F2N8O5S. The lowest BCUT2D eigenvalue weighted by Crippen LogP contribution is -2.48. The van der Waals surface area contributed by atoms with E-state index in [4.69, 9.17) is 14.2 Å². The standard InChI is InChI=1S/C32H40F2N8O5S/c1-20(2)48-22-5-6-26(47-32(33)34)23(15-22)29-25(37-31(44)24-16-36-42-10-4-9-35-30(24)42)17-41(38-29)18-27(43)40-11-7-21(8-12-40)39(3)19-28-45-13-14-46-28/h4-6,9-10,15,17,20-21,28,32,36H,7-8,11-14,16,18-19H2,1-3H3,(H,37,44). The molecule has 1 aromatic carbocycles. The van der Waals surface area contributed by atoms with Crippen LogP contribution in [0.2, 0.25) is 0 Å². The number of alkyl halides is 2. The fraction of sp³-hybridized carbons (Fsp3) is 0.500. The van der Waals surface area contributed by atoms with E-state index in [2.05, 4.69) is 25.7 Å². The highest BCUT2D eigenvalue weighted by molar-refractivity contribution is 7.99. The maximum atomic E-state index is 13.6. The van der Waals surface area contributed by atoms with E-state index in [0.29, 0.717) is 50.3 Å². The number of carbonyl (C=O) groups is 2. The average molecular weight is 687 g/mol. The van der Waals surface area contributed by atoms with Gasteiger partial charge in [0.05, 0.1) is 24.5 Å². The van der Waals surface area contributed by atoms with Gasteiger partial charge in [-0.05, 0) is 44.2 Å². The number of hydrogen-bond acceptors (Lipinski definition) is 11. The minimum absolute atomic E-state index is 0.0949. The largest absolute Gasteiger partial charge is 0.434 e. The van der Waals surface area contributed by atoms with Crippen LogP contribution in [0, 0.1) is 0 Å². The highest BCUT2D eigenvalue weighted by atomic mass is 32.2. The summed E-state index contributed by atoms with van der Waals surface area (Å²) in [7, 11) is 2.04. The molecule has 2 saturated heterocycles. The minimum atomic E-state index is -3.08. The summed E-state index contributed by atoms with van der Waals surface area (Å²) in [4.78, 5) is 36.2. The number of carbonyl (C=O) groups excluding carboxylic acids is 2. The van der Waals surface area contributed by atoms with E-state index >= 15 is 0 Å². The summed E-state index contributed by atoms with van der Waals surface area (Å²) in [5.74, 6) is -0.221. The third-order valence-electron chi connectivity index (χ3n) is 8.39. The first-order valence-electron chi connectivity index (χ1n) is 16.0. The molecule has 258 valence electrons. The smallest absolute Gasteiger partial charge is 0.387 e. The second-order valence-corrected chi connectivity index (χ2v) is 13.7. The minimum Gasteiger partial charge on any atom is -0.434 e. The number of ether oxygens (including phenoxy) is 3. The number of nitrogens with one attached hydrogen (secondary N) is 2. The van der Waals surface area contributed by atoms with Gasteiger partial charge in [0.1, 0.15) is 18.0 Å². The first-order chi connectivity index (χ1) is 23.1. The molecule has 4 aliphatic rings. The molecule has 2 N–H and O–H groups in total. The Balaban J connectivity index is 1.23. The summed E-state index contributed by atoms with van der Waals surface area (Å²) in [6.45, 7) is 4.15. The SMILES string of the molecule is CC(C)Sc1ccc(OC(F)F)c(-c2nn(CC(=O)N3CCC(N(C)CC4OCCO4)CC3)cc2NC(=O)C2=C3N=CC=CN3NC2)c1. The highest BCUT2D eigenvalue weighted by Crippen LogP contribution is 2.39. The number of piperidine rings is 1. The quantitative estimate of drug-likeness (QED) is 0.321. The Bertz CT molecular complexity index is 1580. The summed E-state index contributed by atoms with van der Waals surface area (Å²) in [5.41, 5.74) is 4.18. The van der Waals surface area contributed by atoms with Crippen molar-refractivity contribution in [3.05, 3.63) is 48.1 Å². The average Bonchev–Trinajstić information content (AvgIpc) is 3.82. The fourth-order valence-corrected chi connectivity index (χ4v) is 6.94. The van der Waals surface area contributed by atoms with Crippen LogP contribution in [-0.4, -0.2) is 113 Å². The molecule has 4 aliphatic heterocycles. The van der Waals surface area contributed by atoms with E-state index < -0.39 is 12.5 Å². The van der Waals surface area contributed by atoms with Gasteiger partial charge in [-0.2, -0.15) is 13.9 Å². The van der Waals surface area contributed by atoms with Crippen LogP contribution in [0.15, 0.2) is 58.0 Å². The highest BCUT2D eigenvalue weighted by Gasteiger charge is 2.30. The van der Waals surface area contributed by atoms with Gasteiger partial charge < -0.3 is 24.4 Å². The molecule has 0 atom stereocenters. The number of fused-ring (bicyclic) bond motifs is 1. The van der Waals surface area contributed by atoms with E-state index in [9.17, 15) is 18.4 Å². The molecule has 16 heteroatoms. The number of likely N-dealkylation sites (N-methyl/N-ethyl adjacent to an activating group) is 1. The third kappa shape index (κ3) is 8.06. The number of rotatable bonds is 12. The Morgan fingerprint density at radius 1 is 1.21 bits per heavy atom. The summed E-state index contributed by atoms with van der Waals surface area (Å²) in [6, 6.07) is 5.19. The van der Waals surface area contributed by atoms with Crippen molar-refractivity contribution in [3.63, 3.8) is 0 Å². The van der Waals surface area contributed by atoms with Crippen LogP contribution in [0.25, 0.3) is 11.3 Å². The molecule has 0 saturated carbocycles. The van der Waals surface area contributed by atoms with Crippen LogP contribution in [-0.2, 0) is 25.6 Å². The van der Waals surface area contributed by atoms with Crippen molar-refractivity contribution in [2.24, 2.45) is 4.99 Å². The van der Waals surface area contributed by atoms with Crippen molar-refractivity contribution >= 4 is 35.5 Å². The lowest BCUT2D eigenvalue weighted by molar-refractivity contribution is -0.134. The van der Waals surface area contributed by atoms with E-state index in [1.807, 2.05) is 20.9 Å². The van der Waals surface area contributed by atoms with Gasteiger partial charge in [-0.25, -0.2) is 10.4 Å². The molecule has 2 amide bonds. The molecular weight excluding hydrogens is 646 g/mol. The second kappa shape index (κ2) is 15.2. The van der Waals surface area contributed by atoms with E-state index in [-0.39, 0.29) is 53.2 Å². The molecule has 0 unspecified atom stereocenters. The van der Waals surface area contributed by atoms with Crippen molar-refractivity contribution in [3.8, 4) is 17.0 Å². The van der Waals surface area contributed by atoms with Crippen LogP contribution in [0.3, 0.4) is 0 Å². The number of allylic oxidation sites excluding steroid dienone is 1. The number of aromatic nitrogens is 2. The van der Waals surface area contributed by atoms with Crippen LogP contribution >= 0.6 is 11.8 Å². The molecule has 2 fully saturated rings. The van der Waals surface area contributed by atoms with Gasteiger partial charge in [0.2, 0.25) is 5.91 Å². The first-order valence-corrected chi connectivity index (χ1v) is 16.8. The van der Waals surface area contributed by atoms with Crippen LogP contribution in [0.5, 0.6) is 5.75 Å². The summed E-state index contributed by atoms with van der Waals surface area (Å²) < 4.78 is 44.6. The van der Waals surface area contributed by atoms with Crippen molar-refractivity contribution in [1.29, 1.82) is 0 Å². The van der Waals surface area contributed by atoms with Crippen molar-refractivity contribution in [2.45, 2.75) is 62.3 Å². The molecule has 1 aromatic heterocycles. The molecule has 0 spiro atoms. The number of nitrogens with zero attached hydrogens (tertiary/aromatic N) is 6. The predicted octanol–water partition coefficient (Wildman–Crippen LogP) is 3.52. The topological polar surface area (TPSA) is 126 Å². The van der Waals surface area contributed by atoms with Crippen molar-refractivity contribution in [2.75, 3.05) is 51.8 Å². The molecule has 48 heavy (non-hydrogen) atoms. The zero-order valence-corrected chi connectivity index (χ0v) is 27.9. The number of amides is 2. The van der Waals surface area contributed by atoms with Crippen LogP contribution in [0.1, 0.15) is 26.7 Å². The summed E-state index contributed by atoms with van der Waals surface area (Å²) in [6.07, 6.45) is 8.02. The van der Waals surface area contributed by atoms with E-state index in [1.165, 1.54) is 10.7 Å². The summed E-state index contributed by atoms with van der Waals surface area (Å²) in [5, 5.41) is 9.44. The number of hydrazine groups is 1. The maximum Gasteiger partial charge on any atom is 0.387 e. The Morgan fingerprint density at radius 3 is 2.71 bits per heavy atom. The predicted molar refractivity (Wildman–Crippen MR) is 176 cm³/mol. The normalized spacial score (nSPS) is 18.6. The number of halogens is 2. The van der Waals surface area contributed by atoms with Gasteiger partial charge >= 0.3 is 6.61 Å². The Labute approximate surface area is 281 Å². The van der Waals surface area contributed by atoms with Gasteiger partial charge in [0.15, 0.2) is 12.1 Å². The number of benzene rings is 1. The lowest BCUT2D eigenvalue weighted by atomic mass is 10.0. The van der Waals surface area contributed by atoms with Crippen molar-refractivity contribution < 1.29 is 32.6 Å². The zero-order valence-electron chi connectivity index (χ0n) is 27.1. The molecule has 5 heterocycles. The molecule has 0 bridgehead atoms. The monoisotopic (exact) mass is 686 g/mol. The summed E-state index contributed by atoms with van der Waals surface area (Å²) >= 11 is 1.55. The van der Waals surface area contributed by atoms with Gasteiger partial charge in [-0.1, -0.05) is 13.8 Å². The van der Waals surface area contributed by atoms with Gasteiger partial charge in [0, 0.05) is 66.5 Å². The van der Waals surface area contributed by atoms with Gasteiger partial charge in [0.25, 0.3) is 5.91 Å². The van der Waals surface area contributed by atoms with Crippen LogP contribution in [0.4, 0.5) is 14.5 Å². The molecule has 6 rings (SSSR count). The van der Waals surface area contributed by atoms with E-state index in [0.717, 1.165) is 17.7 Å². The third-order valence-corrected chi connectivity index (χ3v) is 9.38.